The lowest BCUT2D eigenvalue weighted by atomic mass is 9.74. The maximum Gasteiger partial charge on any atom is 0.0977 e. The molecule has 16 heavy (non-hydrogen) atoms. The molecule has 1 heterocycles. The number of rotatable bonds is 3. The molecule has 1 saturated carbocycles. The van der Waals surface area contributed by atoms with Gasteiger partial charge in [-0.1, -0.05) is 20.8 Å². The minimum Gasteiger partial charge on any atom is -0.384 e. The van der Waals surface area contributed by atoms with Gasteiger partial charge in [0.1, 0.15) is 0 Å². The number of hydrogen-bond acceptors (Lipinski definition) is 2. The summed E-state index contributed by atoms with van der Waals surface area (Å²) in [6.45, 7) is 7.36. The molecule has 1 atom stereocenters. The van der Waals surface area contributed by atoms with Crippen molar-refractivity contribution in [3.63, 3.8) is 0 Å². The molecular formula is C13H22N2O. The van der Waals surface area contributed by atoms with E-state index in [1.807, 2.05) is 17.1 Å². The zero-order valence-corrected chi connectivity index (χ0v) is 10.5. The Morgan fingerprint density at radius 2 is 2.19 bits per heavy atom. The van der Waals surface area contributed by atoms with E-state index in [4.69, 9.17) is 0 Å². The van der Waals surface area contributed by atoms with Crippen molar-refractivity contribution in [1.29, 1.82) is 0 Å². The van der Waals surface area contributed by atoms with E-state index in [1.54, 1.807) is 0 Å². The highest BCUT2D eigenvalue weighted by Gasteiger charge is 2.49. The fourth-order valence-electron chi connectivity index (χ4n) is 2.79. The van der Waals surface area contributed by atoms with Crippen LogP contribution >= 0.6 is 0 Å². The van der Waals surface area contributed by atoms with Crippen LogP contribution < -0.4 is 0 Å². The molecule has 1 aliphatic rings. The lowest BCUT2D eigenvalue weighted by Gasteiger charge is -2.36. The molecular weight excluding hydrogens is 200 g/mol. The third kappa shape index (κ3) is 1.67. The summed E-state index contributed by atoms with van der Waals surface area (Å²) in [6, 6.07) is 0. The van der Waals surface area contributed by atoms with Crippen molar-refractivity contribution in [2.45, 2.75) is 58.6 Å². The third-order valence-electron chi connectivity index (χ3n) is 4.02. The predicted octanol–water partition coefficient (Wildman–Crippen LogP) is 2.69. The first-order valence-electron chi connectivity index (χ1n) is 6.25. The maximum atomic E-state index is 10.8. The monoisotopic (exact) mass is 222 g/mol. The Labute approximate surface area is 97.5 Å². The predicted molar refractivity (Wildman–Crippen MR) is 64.0 cm³/mol. The summed E-state index contributed by atoms with van der Waals surface area (Å²) in [6.07, 6.45) is 7.96. The lowest BCUT2D eigenvalue weighted by Crippen LogP contribution is -2.36. The molecule has 1 aliphatic carbocycles. The van der Waals surface area contributed by atoms with Gasteiger partial charge in [0.15, 0.2) is 0 Å². The van der Waals surface area contributed by atoms with Crippen molar-refractivity contribution < 1.29 is 5.11 Å². The smallest absolute Gasteiger partial charge is 0.0977 e. The summed E-state index contributed by atoms with van der Waals surface area (Å²) in [5, 5.41) is 15.1. The fourth-order valence-corrected chi connectivity index (χ4v) is 2.79. The van der Waals surface area contributed by atoms with Gasteiger partial charge in [-0.2, -0.15) is 5.10 Å². The molecule has 1 aromatic heterocycles. The molecule has 0 radical (unpaired) electrons. The number of aryl methyl sites for hydroxylation is 1. The van der Waals surface area contributed by atoms with Gasteiger partial charge in [0.05, 0.1) is 11.8 Å². The van der Waals surface area contributed by atoms with Crippen molar-refractivity contribution in [2.24, 2.45) is 5.41 Å². The zero-order valence-electron chi connectivity index (χ0n) is 10.5. The molecule has 0 aliphatic heterocycles. The van der Waals surface area contributed by atoms with E-state index in [9.17, 15) is 5.11 Å². The van der Waals surface area contributed by atoms with Crippen molar-refractivity contribution in [3.05, 3.63) is 18.0 Å². The molecule has 0 bridgehead atoms. The van der Waals surface area contributed by atoms with Crippen molar-refractivity contribution in [2.75, 3.05) is 0 Å². The second-order valence-electron chi connectivity index (χ2n) is 5.59. The highest BCUT2D eigenvalue weighted by molar-refractivity contribution is 5.21. The lowest BCUT2D eigenvalue weighted by molar-refractivity contribution is -0.0485. The summed E-state index contributed by atoms with van der Waals surface area (Å²) in [5.74, 6) is 0. The molecule has 1 aromatic rings. The average molecular weight is 222 g/mol. The van der Waals surface area contributed by atoms with Crippen molar-refractivity contribution in [3.8, 4) is 0 Å². The standard InChI is InChI=1S/C13H22N2O/c1-4-8-15-10-11(9-14-15)13(16)7-5-6-12(13,2)3/h9-10,16H,4-8H2,1-3H3. The van der Waals surface area contributed by atoms with Crippen molar-refractivity contribution >= 4 is 0 Å². The van der Waals surface area contributed by atoms with Gasteiger partial charge < -0.3 is 5.11 Å². The van der Waals surface area contributed by atoms with Gasteiger partial charge in [-0.3, -0.25) is 4.68 Å². The first kappa shape index (κ1) is 11.6. The minimum atomic E-state index is -0.682. The third-order valence-corrected chi connectivity index (χ3v) is 4.02. The number of aliphatic hydroxyl groups is 1. The molecule has 0 amide bonds. The van der Waals surface area contributed by atoms with Gasteiger partial charge in [-0.25, -0.2) is 0 Å². The van der Waals surface area contributed by atoms with Crippen LogP contribution in [0.3, 0.4) is 0 Å². The first-order chi connectivity index (χ1) is 7.49. The van der Waals surface area contributed by atoms with E-state index in [0.29, 0.717) is 0 Å². The molecule has 3 heteroatoms. The minimum absolute atomic E-state index is 0.0346. The molecule has 0 aromatic carbocycles. The van der Waals surface area contributed by atoms with Crippen LogP contribution in [-0.2, 0) is 12.1 Å². The number of hydrogen-bond donors (Lipinski definition) is 1. The maximum absolute atomic E-state index is 10.8. The SMILES string of the molecule is CCCn1cc(C2(O)CCCC2(C)C)cn1. The molecule has 0 saturated heterocycles. The quantitative estimate of drug-likeness (QED) is 0.854. The Hall–Kier alpha value is -0.830. The van der Waals surface area contributed by atoms with Gasteiger partial charge in [0, 0.05) is 18.3 Å². The van der Waals surface area contributed by atoms with Crippen LogP contribution in [0.4, 0.5) is 0 Å². The van der Waals surface area contributed by atoms with E-state index in [2.05, 4.69) is 25.9 Å². The first-order valence-corrected chi connectivity index (χ1v) is 6.25. The summed E-state index contributed by atoms with van der Waals surface area (Å²) in [4.78, 5) is 0. The molecule has 90 valence electrons. The molecule has 1 unspecified atom stereocenters. The van der Waals surface area contributed by atoms with Crippen LogP contribution in [0.25, 0.3) is 0 Å². The van der Waals surface area contributed by atoms with E-state index in [1.165, 1.54) is 0 Å². The van der Waals surface area contributed by atoms with Gasteiger partial charge >= 0.3 is 0 Å². The van der Waals surface area contributed by atoms with Gasteiger partial charge in [-0.05, 0) is 31.1 Å². The summed E-state index contributed by atoms with van der Waals surface area (Å²) >= 11 is 0. The van der Waals surface area contributed by atoms with Gasteiger partial charge in [-0.15, -0.1) is 0 Å². The van der Waals surface area contributed by atoms with Gasteiger partial charge in [0.2, 0.25) is 0 Å². The molecule has 1 fully saturated rings. The molecule has 1 N–H and O–H groups in total. The van der Waals surface area contributed by atoms with E-state index >= 15 is 0 Å². The Bertz CT molecular complexity index is 370. The second kappa shape index (κ2) is 3.88. The Balaban J connectivity index is 2.28. The van der Waals surface area contributed by atoms with Crippen LogP contribution in [0.15, 0.2) is 12.4 Å². The summed E-state index contributed by atoms with van der Waals surface area (Å²) < 4.78 is 1.93. The molecule has 2 rings (SSSR count). The van der Waals surface area contributed by atoms with Crippen LogP contribution in [0.5, 0.6) is 0 Å². The van der Waals surface area contributed by atoms with E-state index < -0.39 is 5.60 Å². The second-order valence-corrected chi connectivity index (χ2v) is 5.59. The van der Waals surface area contributed by atoms with E-state index in [0.717, 1.165) is 37.8 Å². The number of nitrogens with zero attached hydrogens (tertiary/aromatic N) is 2. The zero-order chi connectivity index (χ0) is 11.8. The fraction of sp³-hybridized carbons (Fsp3) is 0.769. The average Bonchev–Trinajstić information content (AvgIpc) is 2.75. The topological polar surface area (TPSA) is 38.0 Å². The highest BCUT2D eigenvalue weighted by Crippen LogP contribution is 2.51. The normalized spacial score (nSPS) is 28.5. The van der Waals surface area contributed by atoms with E-state index in [-0.39, 0.29) is 5.41 Å². The molecule has 3 nitrogen and oxygen atoms in total. The Morgan fingerprint density at radius 1 is 1.44 bits per heavy atom. The Kier molecular flexibility index (Phi) is 2.82. The summed E-state index contributed by atoms with van der Waals surface area (Å²) in [5.41, 5.74) is 0.273. The number of aromatic nitrogens is 2. The summed E-state index contributed by atoms with van der Waals surface area (Å²) in [7, 11) is 0. The van der Waals surface area contributed by atoms with Gasteiger partial charge in [0.25, 0.3) is 0 Å². The van der Waals surface area contributed by atoms with Crippen LogP contribution in [0, 0.1) is 5.41 Å². The highest BCUT2D eigenvalue weighted by atomic mass is 16.3. The Morgan fingerprint density at radius 3 is 2.75 bits per heavy atom. The van der Waals surface area contributed by atoms with Crippen LogP contribution in [0.1, 0.15) is 52.0 Å². The van der Waals surface area contributed by atoms with Crippen molar-refractivity contribution in [1.82, 2.24) is 9.78 Å². The largest absolute Gasteiger partial charge is 0.384 e. The van der Waals surface area contributed by atoms with Crippen LogP contribution in [0.2, 0.25) is 0 Å². The van der Waals surface area contributed by atoms with Crippen LogP contribution in [-0.4, -0.2) is 14.9 Å². The molecule has 0 spiro atoms.